The fraction of sp³-hybridized carbons (Fsp3) is 0.429. The summed E-state index contributed by atoms with van der Waals surface area (Å²) in [6, 6.07) is 11.4. The summed E-state index contributed by atoms with van der Waals surface area (Å²) in [6.45, 7) is 1.14. The topological polar surface area (TPSA) is 72.5 Å². The second-order valence-electron chi connectivity index (χ2n) is 6.69. The van der Waals surface area contributed by atoms with E-state index in [0.717, 1.165) is 30.0 Å². The van der Waals surface area contributed by atoms with Gasteiger partial charge >= 0.3 is 0 Å². The molecule has 0 aliphatic heterocycles. The molecule has 1 aromatic carbocycles. The maximum absolute atomic E-state index is 12.4. The Labute approximate surface area is 160 Å². The molecule has 1 heterocycles. The van der Waals surface area contributed by atoms with E-state index in [1.807, 2.05) is 30.3 Å². The van der Waals surface area contributed by atoms with Gasteiger partial charge in [0, 0.05) is 24.5 Å². The number of amides is 1. The van der Waals surface area contributed by atoms with Gasteiger partial charge in [-0.05, 0) is 49.2 Å². The van der Waals surface area contributed by atoms with E-state index in [4.69, 9.17) is 9.47 Å². The smallest absolute Gasteiger partial charge is 0.270 e. The number of pyridine rings is 1. The van der Waals surface area contributed by atoms with Gasteiger partial charge in [-0.15, -0.1) is 0 Å². The van der Waals surface area contributed by atoms with Gasteiger partial charge in [-0.3, -0.25) is 9.78 Å². The lowest BCUT2D eigenvalue weighted by Gasteiger charge is -2.22. The van der Waals surface area contributed by atoms with Crippen LogP contribution in [0.1, 0.15) is 42.6 Å². The predicted octanol–water partition coefficient (Wildman–Crippen LogP) is 3.64. The fourth-order valence-corrected chi connectivity index (χ4v) is 3.21. The molecule has 2 aromatic rings. The highest BCUT2D eigenvalue weighted by atomic mass is 16.5. The van der Waals surface area contributed by atoms with Crippen LogP contribution in [0, 0.1) is 0 Å². The number of nitrogens with zero attached hydrogens (tertiary/aromatic N) is 1. The third-order valence-electron chi connectivity index (χ3n) is 4.69. The van der Waals surface area contributed by atoms with E-state index < -0.39 is 0 Å². The number of nitrogens with one attached hydrogen (secondary N) is 2. The molecule has 1 saturated carbocycles. The van der Waals surface area contributed by atoms with Crippen LogP contribution >= 0.6 is 0 Å². The number of methoxy groups -OCH3 is 1. The summed E-state index contributed by atoms with van der Waals surface area (Å²) >= 11 is 0. The zero-order chi connectivity index (χ0) is 18.9. The van der Waals surface area contributed by atoms with Crippen molar-refractivity contribution in [2.45, 2.75) is 38.1 Å². The molecule has 6 heteroatoms. The summed E-state index contributed by atoms with van der Waals surface area (Å²) in [5.74, 6) is 1.50. The number of carbonyl (C=O) groups excluding carboxylic acids is 1. The molecule has 0 atom stereocenters. The largest absolute Gasteiger partial charge is 0.497 e. The lowest BCUT2D eigenvalue weighted by atomic mass is 9.95. The minimum absolute atomic E-state index is 0.0972. The van der Waals surface area contributed by atoms with Crippen molar-refractivity contribution in [2.24, 2.45) is 0 Å². The Bertz CT molecular complexity index is 728. The normalized spacial score (nSPS) is 14.4. The molecule has 27 heavy (non-hydrogen) atoms. The number of rotatable bonds is 8. The van der Waals surface area contributed by atoms with Gasteiger partial charge in [-0.1, -0.05) is 19.3 Å². The van der Waals surface area contributed by atoms with Crippen molar-refractivity contribution in [3.8, 4) is 11.5 Å². The summed E-state index contributed by atoms with van der Waals surface area (Å²) in [5.41, 5.74) is 1.30. The molecule has 1 aliphatic carbocycles. The minimum Gasteiger partial charge on any atom is -0.497 e. The lowest BCUT2D eigenvalue weighted by Crippen LogP contribution is -2.36. The number of carbonyl (C=O) groups is 1. The van der Waals surface area contributed by atoms with Gasteiger partial charge in [0.05, 0.1) is 7.11 Å². The highest BCUT2D eigenvalue weighted by Gasteiger charge is 2.17. The molecule has 3 rings (SSSR count). The summed E-state index contributed by atoms with van der Waals surface area (Å²) in [7, 11) is 1.64. The van der Waals surface area contributed by atoms with Gasteiger partial charge in [0.25, 0.3) is 5.91 Å². The maximum atomic E-state index is 12.4. The summed E-state index contributed by atoms with van der Waals surface area (Å²) in [5, 5.41) is 6.36. The second kappa shape index (κ2) is 9.80. The molecule has 0 radical (unpaired) electrons. The lowest BCUT2D eigenvalue weighted by molar-refractivity contribution is 0.0922. The highest BCUT2D eigenvalue weighted by Crippen LogP contribution is 2.18. The molecular weight excluding hydrogens is 342 g/mol. The van der Waals surface area contributed by atoms with Gasteiger partial charge in [-0.2, -0.15) is 0 Å². The van der Waals surface area contributed by atoms with E-state index in [9.17, 15) is 4.79 Å². The van der Waals surface area contributed by atoms with Crippen molar-refractivity contribution >= 4 is 11.6 Å². The molecule has 0 unspecified atom stereocenters. The quantitative estimate of drug-likeness (QED) is 0.695. The minimum atomic E-state index is -0.0972. The van der Waals surface area contributed by atoms with Crippen LogP contribution in [0.4, 0.5) is 5.69 Å². The van der Waals surface area contributed by atoms with Crippen LogP contribution in [0.25, 0.3) is 0 Å². The third kappa shape index (κ3) is 5.88. The van der Waals surface area contributed by atoms with Crippen LogP contribution < -0.4 is 20.1 Å². The van der Waals surface area contributed by atoms with Crippen molar-refractivity contribution in [1.82, 2.24) is 10.3 Å². The first-order valence-corrected chi connectivity index (χ1v) is 9.52. The van der Waals surface area contributed by atoms with Gasteiger partial charge < -0.3 is 20.1 Å². The summed E-state index contributed by atoms with van der Waals surface area (Å²) in [6.07, 6.45) is 7.42. The molecule has 1 fully saturated rings. The molecule has 6 nitrogen and oxygen atoms in total. The monoisotopic (exact) mass is 369 g/mol. The fourth-order valence-electron chi connectivity index (χ4n) is 3.21. The van der Waals surface area contributed by atoms with E-state index >= 15 is 0 Å². The first-order chi connectivity index (χ1) is 13.2. The van der Waals surface area contributed by atoms with E-state index in [1.54, 1.807) is 19.4 Å². The Kier molecular flexibility index (Phi) is 6.90. The molecule has 2 N–H and O–H groups in total. The SMILES string of the molecule is COc1ccc(OCCNc2ccnc(C(=O)NC3CCCCC3)c2)cc1. The van der Waals surface area contributed by atoms with Crippen LogP contribution in [0.5, 0.6) is 11.5 Å². The van der Waals surface area contributed by atoms with Gasteiger partial charge in [0.2, 0.25) is 0 Å². The number of ether oxygens (including phenoxy) is 2. The predicted molar refractivity (Wildman–Crippen MR) is 106 cm³/mol. The van der Waals surface area contributed by atoms with Crippen LogP contribution in [-0.2, 0) is 0 Å². The highest BCUT2D eigenvalue weighted by molar-refractivity contribution is 5.93. The maximum Gasteiger partial charge on any atom is 0.270 e. The summed E-state index contributed by atoms with van der Waals surface area (Å²) < 4.78 is 10.8. The van der Waals surface area contributed by atoms with Crippen LogP contribution in [-0.4, -0.2) is 37.2 Å². The van der Waals surface area contributed by atoms with Gasteiger partial charge in [0.15, 0.2) is 0 Å². The number of anilines is 1. The van der Waals surface area contributed by atoms with E-state index in [1.165, 1.54) is 19.3 Å². The third-order valence-corrected chi connectivity index (χ3v) is 4.69. The van der Waals surface area contributed by atoms with Crippen molar-refractivity contribution < 1.29 is 14.3 Å². The van der Waals surface area contributed by atoms with Crippen LogP contribution in [0.3, 0.4) is 0 Å². The average Bonchev–Trinajstić information content (AvgIpc) is 2.72. The van der Waals surface area contributed by atoms with Gasteiger partial charge in [-0.25, -0.2) is 0 Å². The molecule has 0 saturated heterocycles. The molecule has 1 aliphatic rings. The second-order valence-corrected chi connectivity index (χ2v) is 6.69. The van der Waals surface area contributed by atoms with Crippen molar-refractivity contribution in [1.29, 1.82) is 0 Å². The molecule has 0 bridgehead atoms. The van der Waals surface area contributed by atoms with Gasteiger partial charge in [0.1, 0.15) is 23.8 Å². The van der Waals surface area contributed by atoms with E-state index in [2.05, 4.69) is 15.6 Å². The number of hydrogen-bond acceptors (Lipinski definition) is 5. The average molecular weight is 369 g/mol. The zero-order valence-corrected chi connectivity index (χ0v) is 15.7. The Morgan fingerprint density at radius 3 is 2.59 bits per heavy atom. The van der Waals surface area contributed by atoms with Crippen LogP contribution in [0.2, 0.25) is 0 Å². The first-order valence-electron chi connectivity index (χ1n) is 9.52. The molecule has 1 aromatic heterocycles. The molecular formula is C21H27N3O3. The molecule has 0 spiro atoms. The Morgan fingerprint density at radius 2 is 1.85 bits per heavy atom. The Morgan fingerprint density at radius 1 is 1.11 bits per heavy atom. The first kappa shape index (κ1) is 19.0. The summed E-state index contributed by atoms with van der Waals surface area (Å²) in [4.78, 5) is 16.6. The Hall–Kier alpha value is -2.76. The standard InChI is InChI=1S/C21H27N3O3/c1-26-18-7-9-19(10-8-18)27-14-13-22-17-11-12-23-20(15-17)21(25)24-16-5-3-2-4-6-16/h7-12,15-16H,2-6,13-14H2,1H3,(H,22,23)(H,24,25). The number of hydrogen-bond donors (Lipinski definition) is 2. The van der Waals surface area contributed by atoms with Crippen molar-refractivity contribution in [3.05, 3.63) is 48.3 Å². The molecule has 1 amide bonds. The van der Waals surface area contributed by atoms with Crippen molar-refractivity contribution in [3.63, 3.8) is 0 Å². The number of aromatic nitrogens is 1. The molecule has 144 valence electrons. The van der Waals surface area contributed by atoms with E-state index in [0.29, 0.717) is 18.8 Å². The van der Waals surface area contributed by atoms with Crippen LogP contribution in [0.15, 0.2) is 42.6 Å². The zero-order valence-electron chi connectivity index (χ0n) is 15.7. The van der Waals surface area contributed by atoms with Crippen molar-refractivity contribution in [2.75, 3.05) is 25.6 Å². The van der Waals surface area contributed by atoms with E-state index in [-0.39, 0.29) is 11.9 Å². The number of benzene rings is 1. The Balaban J connectivity index is 1.44.